The number of methoxy groups -OCH3 is 1. The molecule has 5 nitrogen and oxygen atoms in total. The largest absolute Gasteiger partial charge is 0.477 e. The monoisotopic (exact) mass is 286 g/mol. The first kappa shape index (κ1) is 13.8. The lowest BCUT2D eigenvalue weighted by atomic mass is 10.1. The molecule has 0 radical (unpaired) electrons. The number of hydrogen-bond acceptors (Lipinski definition) is 4. The fourth-order valence-corrected chi connectivity index (χ4v) is 2.88. The molecule has 1 unspecified atom stereocenters. The van der Waals surface area contributed by atoms with E-state index in [0.717, 1.165) is 37.0 Å². The van der Waals surface area contributed by atoms with Gasteiger partial charge in [-0.05, 0) is 25.0 Å². The van der Waals surface area contributed by atoms with Crippen LogP contribution in [0.1, 0.15) is 23.3 Å². The summed E-state index contributed by atoms with van der Waals surface area (Å²) < 4.78 is 5.46. The van der Waals surface area contributed by atoms with Crippen LogP contribution < -0.4 is 4.90 Å². The van der Waals surface area contributed by atoms with E-state index < -0.39 is 5.97 Å². The molecular weight excluding hydrogens is 268 g/mol. The Balaban J connectivity index is 2.09. The van der Waals surface area contributed by atoms with Crippen molar-refractivity contribution in [2.24, 2.45) is 0 Å². The molecule has 1 aliphatic rings. The highest BCUT2D eigenvalue weighted by Gasteiger charge is 2.22. The van der Waals surface area contributed by atoms with Crippen LogP contribution in [0.2, 0.25) is 0 Å². The summed E-state index contributed by atoms with van der Waals surface area (Å²) in [5, 5.41) is 10.2. The third kappa shape index (κ3) is 2.69. The van der Waals surface area contributed by atoms with Crippen LogP contribution in [0.3, 0.4) is 0 Å². The highest BCUT2D eigenvalue weighted by Crippen LogP contribution is 2.29. The van der Waals surface area contributed by atoms with Crippen LogP contribution in [0, 0.1) is 0 Å². The molecule has 0 spiro atoms. The van der Waals surface area contributed by atoms with Crippen molar-refractivity contribution in [3.05, 3.63) is 36.0 Å². The van der Waals surface area contributed by atoms with Gasteiger partial charge >= 0.3 is 5.97 Å². The molecule has 2 heterocycles. The van der Waals surface area contributed by atoms with E-state index in [1.807, 2.05) is 24.3 Å². The normalized spacial score (nSPS) is 18.9. The van der Waals surface area contributed by atoms with Crippen molar-refractivity contribution in [2.75, 3.05) is 25.1 Å². The van der Waals surface area contributed by atoms with Crippen LogP contribution in [-0.2, 0) is 4.74 Å². The molecule has 2 aromatic rings. The first-order valence-corrected chi connectivity index (χ1v) is 7.10. The Morgan fingerprint density at radius 1 is 1.43 bits per heavy atom. The molecule has 1 N–H and O–H groups in total. The SMILES string of the molecule is COC1CCCN(c2cc(C(=O)O)nc3ccccc23)C1. The number of nitrogens with zero attached hydrogens (tertiary/aromatic N) is 2. The molecule has 1 aliphatic heterocycles. The van der Waals surface area contributed by atoms with Crippen LogP contribution >= 0.6 is 0 Å². The fourth-order valence-electron chi connectivity index (χ4n) is 2.88. The lowest BCUT2D eigenvalue weighted by Crippen LogP contribution is -2.39. The van der Waals surface area contributed by atoms with E-state index in [0.29, 0.717) is 5.52 Å². The number of hydrogen-bond donors (Lipinski definition) is 1. The van der Waals surface area contributed by atoms with Crippen molar-refractivity contribution in [1.82, 2.24) is 4.98 Å². The number of carbonyl (C=O) groups is 1. The van der Waals surface area contributed by atoms with Gasteiger partial charge in [0.05, 0.1) is 11.6 Å². The number of carboxylic acid groups (broad SMARTS) is 1. The molecule has 1 fully saturated rings. The lowest BCUT2D eigenvalue weighted by Gasteiger charge is -2.34. The number of carboxylic acids is 1. The number of fused-ring (bicyclic) bond motifs is 1. The van der Waals surface area contributed by atoms with Gasteiger partial charge in [-0.1, -0.05) is 18.2 Å². The minimum atomic E-state index is -0.998. The molecular formula is C16H18N2O3. The van der Waals surface area contributed by atoms with Crippen molar-refractivity contribution < 1.29 is 14.6 Å². The number of pyridine rings is 1. The second-order valence-corrected chi connectivity index (χ2v) is 5.29. The van der Waals surface area contributed by atoms with Gasteiger partial charge in [0.15, 0.2) is 5.69 Å². The quantitative estimate of drug-likeness (QED) is 0.939. The van der Waals surface area contributed by atoms with Crippen LogP contribution in [0.5, 0.6) is 0 Å². The predicted octanol–water partition coefficient (Wildman–Crippen LogP) is 2.55. The number of rotatable bonds is 3. The van der Waals surface area contributed by atoms with Crippen molar-refractivity contribution in [2.45, 2.75) is 18.9 Å². The van der Waals surface area contributed by atoms with Gasteiger partial charge in [0.1, 0.15) is 0 Å². The van der Waals surface area contributed by atoms with Crippen molar-refractivity contribution in [3.63, 3.8) is 0 Å². The smallest absolute Gasteiger partial charge is 0.354 e. The third-order valence-electron chi connectivity index (χ3n) is 3.97. The number of piperidine rings is 1. The first-order chi connectivity index (χ1) is 10.2. The third-order valence-corrected chi connectivity index (χ3v) is 3.97. The maximum Gasteiger partial charge on any atom is 0.354 e. The van der Waals surface area contributed by atoms with E-state index in [-0.39, 0.29) is 11.8 Å². The molecule has 110 valence electrons. The van der Waals surface area contributed by atoms with E-state index in [4.69, 9.17) is 4.74 Å². The standard InChI is InChI=1S/C16H18N2O3/c1-21-11-5-4-8-18(10-11)15-9-14(16(19)20)17-13-7-3-2-6-12(13)15/h2-3,6-7,9,11H,4-5,8,10H2,1H3,(H,19,20). The van der Waals surface area contributed by atoms with Gasteiger partial charge in [0.25, 0.3) is 0 Å². The summed E-state index contributed by atoms with van der Waals surface area (Å²) >= 11 is 0. The molecule has 0 amide bonds. The zero-order valence-electron chi connectivity index (χ0n) is 12.0. The van der Waals surface area contributed by atoms with Gasteiger partial charge in [-0.15, -0.1) is 0 Å². The summed E-state index contributed by atoms with van der Waals surface area (Å²) in [5.74, 6) is -0.998. The summed E-state index contributed by atoms with van der Waals surface area (Å²) in [6.45, 7) is 1.69. The summed E-state index contributed by atoms with van der Waals surface area (Å²) in [7, 11) is 1.72. The van der Waals surface area contributed by atoms with Gasteiger partial charge in [-0.3, -0.25) is 0 Å². The summed E-state index contributed by atoms with van der Waals surface area (Å²) in [6.07, 6.45) is 2.28. The first-order valence-electron chi connectivity index (χ1n) is 7.10. The Bertz CT molecular complexity index is 672. The maximum absolute atomic E-state index is 11.3. The molecule has 0 saturated carbocycles. The van der Waals surface area contributed by atoms with E-state index in [2.05, 4.69) is 9.88 Å². The Morgan fingerprint density at radius 3 is 3.00 bits per heavy atom. The van der Waals surface area contributed by atoms with E-state index in [9.17, 15) is 9.90 Å². The zero-order valence-corrected chi connectivity index (χ0v) is 12.0. The van der Waals surface area contributed by atoms with Crippen molar-refractivity contribution >= 4 is 22.6 Å². The molecule has 3 rings (SSSR count). The molecule has 1 atom stereocenters. The highest BCUT2D eigenvalue weighted by atomic mass is 16.5. The second kappa shape index (κ2) is 5.69. The van der Waals surface area contributed by atoms with Gasteiger partial charge in [0, 0.05) is 31.3 Å². The predicted molar refractivity (Wildman–Crippen MR) is 80.9 cm³/mol. The topological polar surface area (TPSA) is 62.7 Å². The van der Waals surface area contributed by atoms with Crippen LogP contribution in [0.4, 0.5) is 5.69 Å². The number of ether oxygens (including phenoxy) is 1. The summed E-state index contributed by atoms with van der Waals surface area (Å²) in [4.78, 5) is 17.7. The lowest BCUT2D eigenvalue weighted by molar-refractivity contribution is 0.0691. The second-order valence-electron chi connectivity index (χ2n) is 5.29. The number of aromatic carboxylic acids is 1. The van der Waals surface area contributed by atoms with E-state index in [1.165, 1.54) is 0 Å². The zero-order chi connectivity index (χ0) is 14.8. The molecule has 0 bridgehead atoms. The van der Waals surface area contributed by atoms with Crippen LogP contribution in [0.15, 0.2) is 30.3 Å². The molecule has 1 aromatic heterocycles. The number of para-hydroxylation sites is 1. The van der Waals surface area contributed by atoms with E-state index >= 15 is 0 Å². The Labute approximate surface area is 123 Å². The van der Waals surface area contributed by atoms with Crippen molar-refractivity contribution in [1.29, 1.82) is 0 Å². The number of aromatic nitrogens is 1. The molecule has 0 aliphatic carbocycles. The van der Waals surface area contributed by atoms with Crippen LogP contribution in [-0.4, -0.2) is 42.4 Å². The van der Waals surface area contributed by atoms with Crippen molar-refractivity contribution in [3.8, 4) is 0 Å². The maximum atomic E-state index is 11.3. The van der Waals surface area contributed by atoms with Gasteiger partial charge in [0.2, 0.25) is 0 Å². The number of benzene rings is 1. The Kier molecular flexibility index (Phi) is 3.75. The minimum Gasteiger partial charge on any atom is -0.477 e. The van der Waals surface area contributed by atoms with Gasteiger partial charge in [-0.25, -0.2) is 9.78 Å². The molecule has 21 heavy (non-hydrogen) atoms. The Morgan fingerprint density at radius 2 is 2.24 bits per heavy atom. The number of anilines is 1. The molecule has 5 heteroatoms. The average Bonchev–Trinajstić information content (AvgIpc) is 2.53. The van der Waals surface area contributed by atoms with Gasteiger partial charge < -0.3 is 14.7 Å². The van der Waals surface area contributed by atoms with Gasteiger partial charge in [-0.2, -0.15) is 0 Å². The van der Waals surface area contributed by atoms with Crippen LogP contribution in [0.25, 0.3) is 10.9 Å². The minimum absolute atomic E-state index is 0.0863. The Hall–Kier alpha value is -2.14. The average molecular weight is 286 g/mol. The molecule has 1 saturated heterocycles. The van der Waals surface area contributed by atoms with E-state index in [1.54, 1.807) is 13.2 Å². The summed E-state index contributed by atoms with van der Waals surface area (Å²) in [5.41, 5.74) is 1.73. The molecule has 1 aromatic carbocycles. The summed E-state index contributed by atoms with van der Waals surface area (Å²) in [6, 6.07) is 9.33. The fraction of sp³-hybridized carbons (Fsp3) is 0.375. The highest BCUT2D eigenvalue weighted by molar-refractivity contribution is 5.97.